The van der Waals surface area contributed by atoms with Crippen molar-refractivity contribution in [1.82, 2.24) is 19.2 Å². The largest absolute Gasteiger partial charge is 0.340 e. The van der Waals surface area contributed by atoms with E-state index in [1.807, 2.05) is 4.90 Å². The lowest BCUT2D eigenvalue weighted by Gasteiger charge is -2.34. The van der Waals surface area contributed by atoms with Crippen LogP contribution in [0.5, 0.6) is 0 Å². The van der Waals surface area contributed by atoms with Crippen molar-refractivity contribution in [3.63, 3.8) is 0 Å². The Balaban J connectivity index is 1.39. The Morgan fingerprint density at radius 1 is 1.20 bits per heavy atom. The number of nitro groups is 1. The molecule has 2 fully saturated rings. The molecule has 3 heterocycles. The van der Waals surface area contributed by atoms with Gasteiger partial charge in [-0.15, -0.1) is 11.3 Å². The summed E-state index contributed by atoms with van der Waals surface area (Å²) in [6, 6.07) is 6.60. The first kappa shape index (κ1) is 19.2. The van der Waals surface area contributed by atoms with E-state index in [0.29, 0.717) is 5.91 Å². The number of thiazole rings is 1. The number of fused-ring (bicyclic) bond motifs is 1. The number of benzene rings is 1. The quantitative estimate of drug-likeness (QED) is 0.462. The molecular formula is C21H23N5O3S. The van der Waals surface area contributed by atoms with Gasteiger partial charge in [-0.1, -0.05) is 0 Å². The molecule has 1 amide bonds. The van der Waals surface area contributed by atoms with Crippen molar-refractivity contribution in [3.8, 4) is 11.3 Å². The van der Waals surface area contributed by atoms with Crippen molar-refractivity contribution < 1.29 is 9.72 Å². The Hall–Kier alpha value is -2.78. The zero-order valence-electron chi connectivity index (χ0n) is 16.8. The number of non-ortho nitro benzene ring substituents is 1. The molecule has 156 valence electrons. The molecule has 2 aliphatic rings. The highest BCUT2D eigenvalue weighted by molar-refractivity contribution is 7.17. The number of amides is 1. The van der Waals surface area contributed by atoms with Crippen molar-refractivity contribution in [2.24, 2.45) is 5.92 Å². The standard InChI is InChI=1S/C21H23N5O3S/c1-14-12-25-18(13-23-8-10-24(11-9-23)20(27)16-2-3-16)19(22-21(25)30-14)15-4-6-17(7-5-15)26(28)29/h4-7,12,16H,2-3,8-11,13H2,1H3. The Bertz CT molecular complexity index is 1110. The van der Waals surface area contributed by atoms with E-state index in [-0.39, 0.29) is 16.5 Å². The van der Waals surface area contributed by atoms with Gasteiger partial charge in [0.05, 0.1) is 16.3 Å². The second-order valence-corrected chi connectivity index (χ2v) is 9.29. The van der Waals surface area contributed by atoms with Gasteiger partial charge >= 0.3 is 0 Å². The maximum absolute atomic E-state index is 12.3. The molecule has 0 unspecified atom stereocenters. The Kier molecular flexibility index (Phi) is 4.79. The molecule has 1 saturated heterocycles. The van der Waals surface area contributed by atoms with Crippen LogP contribution in [0.15, 0.2) is 30.5 Å². The van der Waals surface area contributed by atoms with Crippen LogP contribution in [0, 0.1) is 23.0 Å². The van der Waals surface area contributed by atoms with Crippen LogP contribution in [0.4, 0.5) is 5.69 Å². The van der Waals surface area contributed by atoms with Gasteiger partial charge in [-0.05, 0) is 31.9 Å². The first-order chi connectivity index (χ1) is 14.5. The second kappa shape index (κ2) is 7.48. The number of rotatable bonds is 5. The Morgan fingerprint density at radius 2 is 1.90 bits per heavy atom. The van der Waals surface area contributed by atoms with E-state index >= 15 is 0 Å². The average molecular weight is 426 g/mol. The first-order valence-corrected chi connectivity index (χ1v) is 11.0. The zero-order valence-corrected chi connectivity index (χ0v) is 17.6. The van der Waals surface area contributed by atoms with Gasteiger partial charge in [0.2, 0.25) is 5.91 Å². The number of hydrogen-bond donors (Lipinski definition) is 0. The molecule has 8 nitrogen and oxygen atoms in total. The molecule has 1 aromatic carbocycles. The highest BCUT2D eigenvalue weighted by Gasteiger charge is 2.34. The lowest BCUT2D eigenvalue weighted by Crippen LogP contribution is -2.48. The maximum atomic E-state index is 12.3. The molecule has 1 saturated carbocycles. The summed E-state index contributed by atoms with van der Waals surface area (Å²) >= 11 is 1.64. The van der Waals surface area contributed by atoms with Crippen molar-refractivity contribution >= 4 is 27.9 Å². The smallest absolute Gasteiger partial charge is 0.269 e. The van der Waals surface area contributed by atoms with E-state index in [1.54, 1.807) is 23.5 Å². The van der Waals surface area contributed by atoms with Gasteiger partial charge in [-0.2, -0.15) is 0 Å². The van der Waals surface area contributed by atoms with Gasteiger partial charge in [-0.25, -0.2) is 4.98 Å². The Morgan fingerprint density at radius 3 is 2.53 bits per heavy atom. The van der Waals surface area contributed by atoms with Crippen molar-refractivity contribution in [3.05, 3.63) is 51.1 Å². The SMILES string of the molecule is Cc1cn2c(CN3CCN(C(=O)C4CC4)CC3)c(-c3ccc([N+](=O)[O-])cc3)nc2s1. The van der Waals surface area contributed by atoms with Crippen LogP contribution >= 0.6 is 11.3 Å². The predicted octanol–water partition coefficient (Wildman–Crippen LogP) is 3.33. The number of imidazole rings is 1. The van der Waals surface area contributed by atoms with E-state index in [9.17, 15) is 14.9 Å². The number of nitro benzene ring substituents is 1. The fraction of sp³-hybridized carbons (Fsp3) is 0.429. The lowest BCUT2D eigenvalue weighted by atomic mass is 10.1. The molecule has 0 N–H and O–H groups in total. The molecule has 1 aliphatic heterocycles. The average Bonchev–Trinajstić information content (AvgIpc) is 3.46. The molecule has 3 aromatic rings. The van der Waals surface area contributed by atoms with Crippen molar-refractivity contribution in [1.29, 1.82) is 0 Å². The zero-order chi connectivity index (χ0) is 20.8. The highest BCUT2D eigenvalue weighted by Crippen LogP contribution is 2.32. The third kappa shape index (κ3) is 3.59. The minimum atomic E-state index is -0.387. The van der Waals surface area contributed by atoms with Gasteiger partial charge in [0.15, 0.2) is 4.96 Å². The van der Waals surface area contributed by atoms with Crippen molar-refractivity contribution in [2.75, 3.05) is 26.2 Å². The molecule has 1 aliphatic carbocycles. The van der Waals surface area contributed by atoms with Crippen LogP contribution in [-0.4, -0.2) is 56.2 Å². The lowest BCUT2D eigenvalue weighted by molar-refractivity contribution is -0.384. The number of carbonyl (C=O) groups excluding carboxylic acids is 1. The number of piperazine rings is 1. The van der Waals surface area contributed by atoms with E-state index in [2.05, 4.69) is 22.4 Å². The monoisotopic (exact) mass is 425 g/mol. The van der Waals surface area contributed by atoms with Crippen LogP contribution < -0.4 is 0 Å². The molecule has 0 spiro atoms. The predicted molar refractivity (Wildman–Crippen MR) is 114 cm³/mol. The minimum absolute atomic E-state index is 0.0774. The van der Waals surface area contributed by atoms with Gasteiger partial charge in [0.25, 0.3) is 5.69 Å². The number of aryl methyl sites for hydroxylation is 1. The van der Waals surface area contributed by atoms with Crippen molar-refractivity contribution in [2.45, 2.75) is 26.3 Å². The summed E-state index contributed by atoms with van der Waals surface area (Å²) in [4.78, 5) is 34.3. The van der Waals surface area contributed by atoms with Crippen LogP contribution in [-0.2, 0) is 11.3 Å². The van der Waals surface area contributed by atoms with Gasteiger partial charge in [0, 0.05) is 67.4 Å². The van der Waals surface area contributed by atoms with Gasteiger partial charge < -0.3 is 4.90 Å². The number of hydrogen-bond acceptors (Lipinski definition) is 6. The van der Waals surface area contributed by atoms with E-state index in [4.69, 9.17) is 4.98 Å². The topological polar surface area (TPSA) is 84.0 Å². The van der Waals surface area contributed by atoms with Crippen LogP contribution in [0.25, 0.3) is 16.2 Å². The summed E-state index contributed by atoms with van der Waals surface area (Å²) in [6.45, 7) is 6.02. The summed E-state index contributed by atoms with van der Waals surface area (Å²) in [5.74, 6) is 0.593. The molecule has 2 aromatic heterocycles. The highest BCUT2D eigenvalue weighted by atomic mass is 32.1. The number of carbonyl (C=O) groups is 1. The third-order valence-electron chi connectivity index (χ3n) is 5.88. The normalized spacial score (nSPS) is 17.6. The maximum Gasteiger partial charge on any atom is 0.269 e. The van der Waals surface area contributed by atoms with Crippen LogP contribution in [0.3, 0.4) is 0 Å². The fourth-order valence-corrected chi connectivity index (χ4v) is 4.90. The third-order valence-corrected chi connectivity index (χ3v) is 6.77. The van der Waals surface area contributed by atoms with Gasteiger partial charge in [0.1, 0.15) is 0 Å². The summed E-state index contributed by atoms with van der Waals surface area (Å²) in [6.07, 6.45) is 4.19. The molecule has 30 heavy (non-hydrogen) atoms. The Labute approximate surface area is 177 Å². The molecular weight excluding hydrogens is 402 g/mol. The van der Waals surface area contributed by atoms with E-state index in [0.717, 1.165) is 67.5 Å². The second-order valence-electron chi connectivity index (χ2n) is 8.08. The number of nitrogens with zero attached hydrogens (tertiary/aromatic N) is 5. The summed E-state index contributed by atoms with van der Waals surface area (Å²) in [7, 11) is 0. The summed E-state index contributed by atoms with van der Waals surface area (Å²) in [5, 5.41) is 11.0. The van der Waals surface area contributed by atoms with E-state index in [1.165, 1.54) is 17.0 Å². The summed E-state index contributed by atoms with van der Waals surface area (Å²) in [5.41, 5.74) is 2.91. The minimum Gasteiger partial charge on any atom is -0.340 e. The number of aromatic nitrogens is 2. The summed E-state index contributed by atoms with van der Waals surface area (Å²) < 4.78 is 2.14. The van der Waals surface area contributed by atoms with E-state index < -0.39 is 0 Å². The molecule has 0 bridgehead atoms. The molecule has 0 atom stereocenters. The molecule has 0 radical (unpaired) electrons. The molecule has 9 heteroatoms. The fourth-order valence-electron chi connectivity index (χ4n) is 4.05. The van der Waals surface area contributed by atoms with Crippen LogP contribution in [0.2, 0.25) is 0 Å². The first-order valence-electron chi connectivity index (χ1n) is 10.2. The van der Waals surface area contributed by atoms with Gasteiger partial charge in [-0.3, -0.25) is 24.2 Å². The van der Waals surface area contributed by atoms with Crippen LogP contribution in [0.1, 0.15) is 23.4 Å². The molecule has 5 rings (SSSR count).